The molecule has 0 amide bonds. The Morgan fingerprint density at radius 1 is 1.29 bits per heavy atom. The molecule has 92 valence electrons. The van der Waals surface area contributed by atoms with Gasteiger partial charge in [0.2, 0.25) is 0 Å². The molecular weight excluding hydrogens is 212 g/mol. The van der Waals surface area contributed by atoms with Gasteiger partial charge in [-0.05, 0) is 37.5 Å². The molecule has 0 spiro atoms. The lowest BCUT2D eigenvalue weighted by Crippen LogP contribution is -2.07. The first-order valence-corrected chi connectivity index (χ1v) is 6.30. The smallest absolute Gasteiger partial charge is 0.134 e. The third-order valence-electron chi connectivity index (χ3n) is 3.27. The second-order valence-corrected chi connectivity index (χ2v) is 4.90. The Morgan fingerprint density at radius 3 is 2.76 bits per heavy atom. The van der Waals surface area contributed by atoms with Crippen LogP contribution in [0.4, 0.5) is 0 Å². The van der Waals surface area contributed by atoms with Crippen LogP contribution >= 0.6 is 0 Å². The van der Waals surface area contributed by atoms with Gasteiger partial charge in [0.15, 0.2) is 0 Å². The maximum atomic E-state index is 10.2. The molecule has 0 aliphatic rings. The number of benzene rings is 1. The van der Waals surface area contributed by atoms with Crippen LogP contribution in [0.25, 0.3) is 11.0 Å². The fourth-order valence-corrected chi connectivity index (χ4v) is 2.22. The fraction of sp³-hybridized carbons (Fsp3) is 0.467. The molecule has 1 N–H and O–H groups in total. The van der Waals surface area contributed by atoms with Crippen LogP contribution in [0.3, 0.4) is 0 Å². The fourth-order valence-electron chi connectivity index (χ4n) is 2.22. The second kappa shape index (κ2) is 4.92. The van der Waals surface area contributed by atoms with Gasteiger partial charge in [0, 0.05) is 5.39 Å². The lowest BCUT2D eigenvalue weighted by atomic mass is 9.97. The molecule has 1 aromatic carbocycles. The highest BCUT2D eigenvalue weighted by molar-refractivity contribution is 5.78. The Morgan fingerprint density at radius 2 is 2.06 bits per heavy atom. The van der Waals surface area contributed by atoms with E-state index in [0.29, 0.717) is 5.76 Å². The van der Waals surface area contributed by atoms with Crippen molar-refractivity contribution in [2.24, 2.45) is 5.92 Å². The number of hydrogen-bond donors (Lipinski definition) is 1. The monoisotopic (exact) mass is 232 g/mol. The summed E-state index contributed by atoms with van der Waals surface area (Å²) in [5.74, 6) is 0.924. The molecule has 0 bridgehead atoms. The van der Waals surface area contributed by atoms with E-state index in [9.17, 15) is 5.11 Å². The molecule has 17 heavy (non-hydrogen) atoms. The van der Waals surface area contributed by atoms with Gasteiger partial charge < -0.3 is 9.52 Å². The Balaban J connectivity index is 2.29. The summed E-state index contributed by atoms with van der Waals surface area (Å²) in [7, 11) is 0. The van der Waals surface area contributed by atoms with Crippen LogP contribution in [0.5, 0.6) is 0 Å². The van der Waals surface area contributed by atoms with E-state index in [1.165, 1.54) is 5.56 Å². The van der Waals surface area contributed by atoms with Gasteiger partial charge in [-0.2, -0.15) is 0 Å². The summed E-state index contributed by atoms with van der Waals surface area (Å²) in [6, 6.07) is 8.03. The van der Waals surface area contributed by atoms with E-state index < -0.39 is 6.10 Å². The minimum atomic E-state index is -0.498. The molecule has 2 heteroatoms. The Labute approximate surface area is 102 Å². The number of aliphatic hydroxyl groups is 1. The van der Waals surface area contributed by atoms with Crippen molar-refractivity contribution in [2.75, 3.05) is 0 Å². The average molecular weight is 232 g/mol. The summed E-state index contributed by atoms with van der Waals surface area (Å²) < 4.78 is 5.70. The number of hydrogen-bond acceptors (Lipinski definition) is 2. The normalized spacial score (nSPS) is 15.1. The lowest BCUT2D eigenvalue weighted by molar-refractivity contribution is 0.0913. The van der Waals surface area contributed by atoms with Gasteiger partial charge in [0.25, 0.3) is 0 Å². The Bertz CT molecular complexity index is 499. The standard InChI is InChI=1S/C15H20O2/c1-4-5-11(3)15(16)14-9-12-8-10(2)6-7-13(12)17-14/h6-9,11,15-16H,4-5H2,1-3H3. The third-order valence-corrected chi connectivity index (χ3v) is 3.27. The van der Waals surface area contributed by atoms with E-state index in [-0.39, 0.29) is 5.92 Å². The van der Waals surface area contributed by atoms with Crippen LogP contribution in [0.1, 0.15) is 44.1 Å². The molecule has 0 saturated heterocycles. The quantitative estimate of drug-likeness (QED) is 0.856. The van der Waals surface area contributed by atoms with Crippen LogP contribution in [0, 0.1) is 12.8 Å². The van der Waals surface area contributed by atoms with Gasteiger partial charge in [-0.3, -0.25) is 0 Å². The van der Waals surface area contributed by atoms with E-state index in [0.717, 1.165) is 23.8 Å². The molecule has 0 aliphatic carbocycles. The summed E-state index contributed by atoms with van der Waals surface area (Å²) in [6.07, 6.45) is 1.59. The summed E-state index contributed by atoms with van der Waals surface area (Å²) in [4.78, 5) is 0. The average Bonchev–Trinajstić information content (AvgIpc) is 2.71. The maximum Gasteiger partial charge on any atom is 0.134 e. The zero-order valence-corrected chi connectivity index (χ0v) is 10.7. The summed E-state index contributed by atoms with van der Waals surface area (Å²) in [5, 5.41) is 11.3. The van der Waals surface area contributed by atoms with Crippen molar-refractivity contribution in [1.29, 1.82) is 0 Å². The highest BCUT2D eigenvalue weighted by Gasteiger charge is 2.19. The van der Waals surface area contributed by atoms with Crippen LogP contribution in [0.15, 0.2) is 28.7 Å². The summed E-state index contributed by atoms with van der Waals surface area (Å²) >= 11 is 0. The number of furan rings is 1. The van der Waals surface area contributed by atoms with Crippen molar-refractivity contribution in [1.82, 2.24) is 0 Å². The van der Waals surface area contributed by atoms with Crippen LogP contribution in [0.2, 0.25) is 0 Å². The number of aryl methyl sites for hydroxylation is 1. The predicted molar refractivity (Wildman–Crippen MR) is 70.0 cm³/mol. The highest BCUT2D eigenvalue weighted by Crippen LogP contribution is 2.30. The maximum absolute atomic E-state index is 10.2. The molecule has 0 radical (unpaired) electrons. The first-order valence-electron chi connectivity index (χ1n) is 6.30. The van der Waals surface area contributed by atoms with Crippen molar-refractivity contribution < 1.29 is 9.52 Å². The minimum absolute atomic E-state index is 0.238. The van der Waals surface area contributed by atoms with Crippen molar-refractivity contribution >= 4 is 11.0 Å². The molecule has 2 aromatic rings. The number of rotatable bonds is 4. The SMILES string of the molecule is CCCC(C)C(O)c1cc2cc(C)ccc2o1. The summed E-state index contributed by atoms with van der Waals surface area (Å²) in [6.45, 7) is 6.25. The van der Waals surface area contributed by atoms with Crippen molar-refractivity contribution in [3.63, 3.8) is 0 Å². The first kappa shape index (κ1) is 12.2. The molecule has 2 nitrogen and oxygen atoms in total. The van der Waals surface area contributed by atoms with E-state index in [1.807, 2.05) is 18.2 Å². The third kappa shape index (κ3) is 2.52. The van der Waals surface area contributed by atoms with Gasteiger partial charge in [0.1, 0.15) is 17.4 Å². The molecule has 1 aromatic heterocycles. The number of aliphatic hydroxyl groups excluding tert-OH is 1. The lowest BCUT2D eigenvalue weighted by Gasteiger charge is -2.15. The Hall–Kier alpha value is -1.28. The molecule has 0 aliphatic heterocycles. The van der Waals surface area contributed by atoms with Gasteiger partial charge in [0.05, 0.1) is 0 Å². The van der Waals surface area contributed by atoms with Crippen molar-refractivity contribution in [2.45, 2.75) is 39.7 Å². The predicted octanol–water partition coefficient (Wildman–Crippen LogP) is 4.21. The summed E-state index contributed by atoms with van der Waals surface area (Å²) in [5.41, 5.74) is 2.06. The van der Waals surface area contributed by atoms with Crippen LogP contribution in [-0.2, 0) is 0 Å². The largest absolute Gasteiger partial charge is 0.458 e. The molecule has 2 rings (SSSR count). The topological polar surface area (TPSA) is 33.4 Å². The highest BCUT2D eigenvalue weighted by atomic mass is 16.4. The molecule has 2 atom stereocenters. The van der Waals surface area contributed by atoms with Gasteiger partial charge in [-0.25, -0.2) is 0 Å². The zero-order valence-electron chi connectivity index (χ0n) is 10.7. The van der Waals surface area contributed by atoms with Crippen molar-refractivity contribution in [3.05, 3.63) is 35.6 Å². The van der Waals surface area contributed by atoms with Crippen molar-refractivity contribution in [3.8, 4) is 0 Å². The minimum Gasteiger partial charge on any atom is -0.458 e. The first-order chi connectivity index (χ1) is 8.11. The zero-order chi connectivity index (χ0) is 12.4. The molecule has 0 fully saturated rings. The molecule has 1 heterocycles. The molecule has 2 unspecified atom stereocenters. The van der Waals surface area contributed by atoms with Gasteiger partial charge in [-0.15, -0.1) is 0 Å². The van der Waals surface area contributed by atoms with E-state index in [1.54, 1.807) is 0 Å². The Kier molecular flexibility index (Phi) is 3.53. The van der Waals surface area contributed by atoms with E-state index >= 15 is 0 Å². The van der Waals surface area contributed by atoms with Gasteiger partial charge >= 0.3 is 0 Å². The van der Waals surface area contributed by atoms with Crippen LogP contribution in [-0.4, -0.2) is 5.11 Å². The van der Waals surface area contributed by atoms with E-state index in [4.69, 9.17) is 4.42 Å². The van der Waals surface area contributed by atoms with Gasteiger partial charge in [-0.1, -0.05) is 31.9 Å². The van der Waals surface area contributed by atoms with Crippen LogP contribution < -0.4 is 0 Å². The number of fused-ring (bicyclic) bond motifs is 1. The van der Waals surface area contributed by atoms with E-state index in [2.05, 4.69) is 26.8 Å². The second-order valence-electron chi connectivity index (χ2n) is 4.90. The molecular formula is C15H20O2. The molecule has 0 saturated carbocycles.